The van der Waals surface area contributed by atoms with Crippen LogP contribution in [0.1, 0.15) is 26.3 Å². The topological polar surface area (TPSA) is 45.2 Å². The molecular formula is C20H30BrN3O3. The van der Waals surface area contributed by atoms with Gasteiger partial charge in [0.2, 0.25) is 0 Å². The molecule has 27 heavy (non-hydrogen) atoms. The minimum atomic E-state index is -0.451. The van der Waals surface area contributed by atoms with Crippen molar-refractivity contribution >= 4 is 27.7 Å². The molecule has 2 saturated heterocycles. The highest BCUT2D eigenvalue weighted by Gasteiger charge is 2.26. The van der Waals surface area contributed by atoms with Crippen LogP contribution in [0.4, 0.5) is 10.5 Å². The van der Waals surface area contributed by atoms with Gasteiger partial charge in [-0.1, -0.05) is 15.9 Å². The molecule has 2 aliphatic heterocycles. The number of benzene rings is 1. The van der Waals surface area contributed by atoms with E-state index in [0.29, 0.717) is 13.1 Å². The number of hydrogen-bond acceptors (Lipinski definition) is 5. The molecule has 6 nitrogen and oxygen atoms in total. The Morgan fingerprint density at radius 3 is 2.37 bits per heavy atom. The molecule has 1 aromatic carbocycles. The summed E-state index contributed by atoms with van der Waals surface area (Å²) in [6.07, 6.45) is -0.218. The Labute approximate surface area is 170 Å². The zero-order chi connectivity index (χ0) is 19.4. The molecule has 3 rings (SSSR count). The molecule has 0 atom stereocenters. The van der Waals surface area contributed by atoms with Crippen molar-refractivity contribution in [2.45, 2.75) is 32.9 Å². The van der Waals surface area contributed by atoms with Gasteiger partial charge in [-0.25, -0.2) is 4.79 Å². The van der Waals surface area contributed by atoms with Crippen LogP contribution in [0.25, 0.3) is 0 Å². The third kappa shape index (κ3) is 6.09. The van der Waals surface area contributed by atoms with Crippen LogP contribution in [0, 0.1) is 0 Å². The van der Waals surface area contributed by atoms with Gasteiger partial charge < -0.3 is 19.3 Å². The summed E-state index contributed by atoms with van der Waals surface area (Å²) >= 11 is 3.66. The van der Waals surface area contributed by atoms with E-state index in [-0.39, 0.29) is 6.09 Å². The lowest BCUT2D eigenvalue weighted by molar-refractivity contribution is 0.0240. The van der Waals surface area contributed by atoms with Gasteiger partial charge in [-0.2, -0.15) is 0 Å². The molecule has 2 aliphatic rings. The van der Waals surface area contributed by atoms with Crippen LogP contribution in [-0.2, 0) is 16.0 Å². The SMILES string of the molecule is CC(C)(C)OC(=O)N1CCN(c2cc(Br)cc(CN3CCOCC3)c2)CC1. The first-order valence-corrected chi connectivity index (χ1v) is 10.4. The minimum absolute atomic E-state index is 0.218. The molecule has 150 valence electrons. The number of piperazine rings is 1. The molecule has 0 unspecified atom stereocenters. The van der Waals surface area contributed by atoms with E-state index in [0.717, 1.165) is 50.4 Å². The molecule has 0 N–H and O–H groups in total. The number of hydrogen-bond donors (Lipinski definition) is 0. The molecule has 2 heterocycles. The molecule has 1 amide bonds. The van der Waals surface area contributed by atoms with Crippen LogP contribution >= 0.6 is 15.9 Å². The average Bonchev–Trinajstić information content (AvgIpc) is 2.61. The van der Waals surface area contributed by atoms with Crippen LogP contribution in [0.5, 0.6) is 0 Å². The van der Waals surface area contributed by atoms with Gasteiger partial charge in [-0.3, -0.25) is 4.90 Å². The highest BCUT2D eigenvalue weighted by Crippen LogP contribution is 2.25. The van der Waals surface area contributed by atoms with Crippen molar-refractivity contribution in [2.24, 2.45) is 0 Å². The van der Waals surface area contributed by atoms with E-state index >= 15 is 0 Å². The summed E-state index contributed by atoms with van der Waals surface area (Å²) in [4.78, 5) is 18.8. The van der Waals surface area contributed by atoms with E-state index in [4.69, 9.17) is 9.47 Å². The van der Waals surface area contributed by atoms with Crippen molar-refractivity contribution in [1.29, 1.82) is 0 Å². The number of nitrogens with zero attached hydrogens (tertiary/aromatic N) is 3. The zero-order valence-corrected chi connectivity index (χ0v) is 18.1. The van der Waals surface area contributed by atoms with Gasteiger partial charge in [-0.15, -0.1) is 0 Å². The van der Waals surface area contributed by atoms with E-state index < -0.39 is 5.60 Å². The smallest absolute Gasteiger partial charge is 0.410 e. The lowest BCUT2D eigenvalue weighted by Crippen LogP contribution is -2.50. The molecule has 0 aliphatic carbocycles. The molecule has 0 spiro atoms. The van der Waals surface area contributed by atoms with Crippen molar-refractivity contribution in [2.75, 3.05) is 57.4 Å². The second-order valence-electron chi connectivity index (χ2n) is 8.16. The number of ether oxygens (including phenoxy) is 2. The fourth-order valence-electron chi connectivity index (χ4n) is 3.40. The first-order chi connectivity index (χ1) is 12.8. The number of carbonyl (C=O) groups is 1. The van der Waals surface area contributed by atoms with Gasteiger partial charge in [0.1, 0.15) is 5.60 Å². The Morgan fingerprint density at radius 2 is 1.74 bits per heavy atom. The molecule has 2 fully saturated rings. The number of anilines is 1. The van der Waals surface area contributed by atoms with Crippen LogP contribution in [0.3, 0.4) is 0 Å². The monoisotopic (exact) mass is 439 g/mol. The lowest BCUT2D eigenvalue weighted by Gasteiger charge is -2.37. The Hall–Kier alpha value is -1.31. The van der Waals surface area contributed by atoms with Crippen LogP contribution < -0.4 is 4.90 Å². The van der Waals surface area contributed by atoms with Crippen LogP contribution in [0.2, 0.25) is 0 Å². The molecule has 0 saturated carbocycles. The zero-order valence-electron chi connectivity index (χ0n) is 16.5. The second-order valence-corrected chi connectivity index (χ2v) is 9.08. The van der Waals surface area contributed by atoms with Gasteiger partial charge in [0.05, 0.1) is 13.2 Å². The maximum absolute atomic E-state index is 12.2. The van der Waals surface area contributed by atoms with Crippen molar-refractivity contribution in [3.63, 3.8) is 0 Å². The number of halogens is 1. The predicted molar refractivity (Wildman–Crippen MR) is 110 cm³/mol. The Morgan fingerprint density at radius 1 is 1.07 bits per heavy atom. The van der Waals surface area contributed by atoms with E-state index in [9.17, 15) is 4.79 Å². The summed E-state index contributed by atoms with van der Waals surface area (Å²) in [5.41, 5.74) is 2.06. The standard InChI is InChI=1S/C20H30BrN3O3/c1-20(2,3)27-19(25)24-6-4-23(5-7-24)18-13-16(12-17(21)14-18)15-22-8-10-26-11-9-22/h12-14H,4-11,15H2,1-3H3. The second kappa shape index (κ2) is 8.80. The largest absolute Gasteiger partial charge is 0.444 e. The van der Waals surface area contributed by atoms with E-state index in [1.54, 1.807) is 4.90 Å². The Kier molecular flexibility index (Phi) is 6.65. The average molecular weight is 440 g/mol. The van der Waals surface area contributed by atoms with Gasteiger partial charge >= 0.3 is 6.09 Å². The summed E-state index contributed by atoms with van der Waals surface area (Å²) in [6.45, 7) is 13.2. The van der Waals surface area contributed by atoms with Crippen molar-refractivity contribution < 1.29 is 14.3 Å². The van der Waals surface area contributed by atoms with E-state index in [1.165, 1.54) is 11.3 Å². The summed E-state index contributed by atoms with van der Waals surface area (Å²) in [6, 6.07) is 6.62. The summed E-state index contributed by atoms with van der Waals surface area (Å²) in [7, 11) is 0. The fraction of sp³-hybridized carbons (Fsp3) is 0.650. The summed E-state index contributed by atoms with van der Waals surface area (Å²) < 4.78 is 12.0. The quantitative estimate of drug-likeness (QED) is 0.722. The van der Waals surface area contributed by atoms with Gasteiger partial charge in [0.25, 0.3) is 0 Å². The molecule has 0 bridgehead atoms. The Balaban J connectivity index is 1.59. The Bertz CT molecular complexity index is 648. The number of rotatable bonds is 3. The van der Waals surface area contributed by atoms with Crippen LogP contribution in [0.15, 0.2) is 22.7 Å². The van der Waals surface area contributed by atoms with Crippen molar-refractivity contribution in [3.05, 3.63) is 28.2 Å². The van der Waals surface area contributed by atoms with E-state index in [2.05, 4.69) is 43.9 Å². The highest BCUT2D eigenvalue weighted by molar-refractivity contribution is 9.10. The van der Waals surface area contributed by atoms with Crippen LogP contribution in [-0.4, -0.2) is 74.0 Å². The molecule has 0 aromatic heterocycles. The van der Waals surface area contributed by atoms with Crippen molar-refractivity contribution in [3.8, 4) is 0 Å². The molecule has 0 radical (unpaired) electrons. The molecule has 7 heteroatoms. The van der Waals surface area contributed by atoms with Crippen molar-refractivity contribution in [1.82, 2.24) is 9.80 Å². The first-order valence-electron chi connectivity index (χ1n) is 9.63. The van der Waals surface area contributed by atoms with Gasteiger partial charge in [0, 0.05) is 56.0 Å². The predicted octanol–water partition coefficient (Wildman–Crippen LogP) is 3.34. The van der Waals surface area contributed by atoms with E-state index in [1.807, 2.05) is 20.8 Å². The first kappa shape index (κ1) is 20.4. The number of carbonyl (C=O) groups excluding carboxylic acids is 1. The molecule has 1 aromatic rings. The third-order valence-corrected chi connectivity index (χ3v) is 5.21. The summed E-state index contributed by atoms with van der Waals surface area (Å²) in [5, 5.41) is 0. The summed E-state index contributed by atoms with van der Waals surface area (Å²) in [5.74, 6) is 0. The fourth-order valence-corrected chi connectivity index (χ4v) is 3.93. The normalized spacial score (nSPS) is 19.3. The third-order valence-electron chi connectivity index (χ3n) is 4.75. The lowest BCUT2D eigenvalue weighted by atomic mass is 10.1. The number of amides is 1. The highest BCUT2D eigenvalue weighted by atomic mass is 79.9. The molecular weight excluding hydrogens is 410 g/mol. The van der Waals surface area contributed by atoms with Gasteiger partial charge in [-0.05, 0) is 44.5 Å². The minimum Gasteiger partial charge on any atom is -0.444 e. The maximum atomic E-state index is 12.2. The van der Waals surface area contributed by atoms with Gasteiger partial charge in [0.15, 0.2) is 0 Å². The number of morpholine rings is 1. The maximum Gasteiger partial charge on any atom is 0.410 e.